The summed E-state index contributed by atoms with van der Waals surface area (Å²) in [5.74, 6) is -1.12. The van der Waals surface area contributed by atoms with Crippen molar-refractivity contribution in [1.82, 2.24) is 5.06 Å². The number of carbonyl (C=O) groups is 1. The molecular weight excluding hydrogens is 234 g/mol. The third kappa shape index (κ3) is 7.89. The van der Waals surface area contributed by atoms with E-state index in [1.807, 2.05) is 0 Å². The van der Waals surface area contributed by atoms with E-state index in [9.17, 15) is 4.79 Å². The van der Waals surface area contributed by atoms with Crippen LogP contribution in [-0.4, -0.2) is 34.7 Å². The van der Waals surface area contributed by atoms with Gasteiger partial charge in [0.1, 0.15) is 0 Å². The molecule has 0 aromatic carbocycles. The summed E-state index contributed by atoms with van der Waals surface area (Å²) in [6.07, 6.45) is 5.36. The maximum absolute atomic E-state index is 11.2. The number of hydrogen-bond donors (Lipinski definition) is 3. The van der Waals surface area contributed by atoms with Gasteiger partial charge in [0.15, 0.2) is 6.10 Å². The van der Waals surface area contributed by atoms with E-state index < -0.39 is 12.1 Å². The lowest BCUT2D eigenvalue weighted by Crippen LogP contribution is -2.41. The Bertz CT molecular complexity index is 257. The SMILES string of the molecule is CCCCCCCCN(OC(=O)C(C)O)C(=N)N. The summed E-state index contributed by atoms with van der Waals surface area (Å²) in [4.78, 5) is 16.0. The fraction of sp³-hybridized carbons (Fsp3) is 0.833. The normalized spacial score (nSPS) is 11.9. The van der Waals surface area contributed by atoms with E-state index in [-0.39, 0.29) is 5.96 Å². The highest BCUT2D eigenvalue weighted by molar-refractivity contribution is 5.78. The van der Waals surface area contributed by atoms with Gasteiger partial charge < -0.3 is 15.7 Å². The first kappa shape index (κ1) is 16.7. The molecule has 0 radical (unpaired) electrons. The maximum atomic E-state index is 11.2. The van der Waals surface area contributed by atoms with Crippen molar-refractivity contribution in [3.05, 3.63) is 0 Å². The zero-order chi connectivity index (χ0) is 14.0. The second-order valence-corrected chi connectivity index (χ2v) is 4.34. The molecule has 0 aliphatic heterocycles. The third-order valence-corrected chi connectivity index (χ3v) is 2.52. The Morgan fingerprint density at radius 2 is 1.89 bits per heavy atom. The second-order valence-electron chi connectivity index (χ2n) is 4.34. The number of aliphatic hydroxyl groups excluding tert-OH is 1. The Labute approximate surface area is 109 Å². The first-order chi connectivity index (χ1) is 8.49. The molecule has 106 valence electrons. The Kier molecular flexibility index (Phi) is 9.00. The average Bonchev–Trinajstić information content (AvgIpc) is 2.31. The van der Waals surface area contributed by atoms with Gasteiger partial charge in [-0.1, -0.05) is 39.0 Å². The molecule has 0 spiro atoms. The zero-order valence-corrected chi connectivity index (χ0v) is 11.3. The summed E-state index contributed by atoms with van der Waals surface area (Å²) in [5, 5.41) is 17.3. The van der Waals surface area contributed by atoms with Crippen molar-refractivity contribution < 1.29 is 14.7 Å². The minimum atomic E-state index is -1.21. The van der Waals surface area contributed by atoms with E-state index in [1.165, 1.54) is 26.2 Å². The number of guanidine groups is 1. The molecule has 0 saturated heterocycles. The smallest absolute Gasteiger partial charge is 0.360 e. The number of nitrogens with zero attached hydrogens (tertiary/aromatic N) is 1. The molecule has 1 unspecified atom stereocenters. The van der Waals surface area contributed by atoms with E-state index in [0.717, 1.165) is 24.3 Å². The summed E-state index contributed by atoms with van der Waals surface area (Å²) < 4.78 is 0. The number of aliphatic hydroxyl groups is 1. The molecule has 6 nitrogen and oxygen atoms in total. The van der Waals surface area contributed by atoms with Gasteiger partial charge in [-0.15, -0.1) is 0 Å². The molecule has 0 saturated carbocycles. The summed E-state index contributed by atoms with van der Waals surface area (Å²) in [7, 11) is 0. The van der Waals surface area contributed by atoms with Crippen LogP contribution < -0.4 is 5.73 Å². The molecule has 0 aromatic heterocycles. The zero-order valence-electron chi connectivity index (χ0n) is 11.3. The summed E-state index contributed by atoms with van der Waals surface area (Å²) in [5.41, 5.74) is 5.30. The topological polar surface area (TPSA) is 99.6 Å². The van der Waals surface area contributed by atoms with E-state index in [1.54, 1.807) is 0 Å². The molecule has 0 aliphatic rings. The van der Waals surface area contributed by atoms with Gasteiger partial charge in [0.25, 0.3) is 0 Å². The molecule has 0 fully saturated rings. The average molecular weight is 259 g/mol. The highest BCUT2D eigenvalue weighted by Gasteiger charge is 2.17. The molecule has 0 rings (SSSR count). The summed E-state index contributed by atoms with van der Waals surface area (Å²) in [6, 6.07) is 0. The molecule has 6 heteroatoms. The first-order valence-corrected chi connectivity index (χ1v) is 6.50. The number of carbonyl (C=O) groups excluding carboxylic acids is 1. The van der Waals surface area contributed by atoms with Crippen molar-refractivity contribution in [3.63, 3.8) is 0 Å². The number of nitrogens with one attached hydrogen (secondary N) is 1. The lowest BCUT2D eigenvalue weighted by atomic mass is 10.1. The number of nitrogens with two attached hydrogens (primary N) is 1. The van der Waals surface area contributed by atoms with Crippen LogP contribution in [0.3, 0.4) is 0 Å². The molecule has 0 amide bonds. The van der Waals surface area contributed by atoms with E-state index in [0.29, 0.717) is 6.54 Å². The van der Waals surface area contributed by atoms with Gasteiger partial charge in [-0.3, -0.25) is 5.41 Å². The Morgan fingerprint density at radius 1 is 1.33 bits per heavy atom. The molecule has 1 atom stereocenters. The van der Waals surface area contributed by atoms with Crippen LogP contribution in [0.1, 0.15) is 52.4 Å². The fourth-order valence-corrected chi connectivity index (χ4v) is 1.44. The minimum absolute atomic E-state index is 0.322. The standard InChI is InChI=1S/C12H25N3O3/c1-3-4-5-6-7-8-9-15(12(13)14)18-11(17)10(2)16/h10,16H,3-9H2,1-2H3,(H3,13,14). The van der Waals surface area contributed by atoms with Crippen molar-refractivity contribution in [3.8, 4) is 0 Å². The quantitative estimate of drug-likeness (QED) is 0.265. The van der Waals surface area contributed by atoms with Crippen LogP contribution in [-0.2, 0) is 9.63 Å². The Balaban J connectivity index is 3.84. The molecule has 0 aromatic rings. The highest BCUT2D eigenvalue weighted by atomic mass is 16.7. The number of unbranched alkanes of at least 4 members (excludes halogenated alkanes) is 5. The van der Waals surface area contributed by atoms with Crippen molar-refractivity contribution >= 4 is 11.9 Å². The van der Waals surface area contributed by atoms with Gasteiger partial charge in [-0.25, -0.2) is 4.79 Å². The van der Waals surface area contributed by atoms with E-state index in [2.05, 4.69) is 6.92 Å². The van der Waals surface area contributed by atoms with E-state index >= 15 is 0 Å². The van der Waals surface area contributed by atoms with Crippen molar-refractivity contribution in [2.45, 2.75) is 58.5 Å². The monoisotopic (exact) mass is 259 g/mol. The van der Waals surface area contributed by atoms with Gasteiger partial charge in [0.05, 0.1) is 6.54 Å². The molecule has 18 heavy (non-hydrogen) atoms. The van der Waals surface area contributed by atoms with Gasteiger partial charge in [-0.2, -0.15) is 5.06 Å². The van der Waals surface area contributed by atoms with Crippen molar-refractivity contribution in [1.29, 1.82) is 5.41 Å². The number of hydrogen-bond acceptors (Lipinski definition) is 4. The molecule has 4 N–H and O–H groups in total. The second kappa shape index (κ2) is 9.70. The third-order valence-electron chi connectivity index (χ3n) is 2.52. The van der Waals surface area contributed by atoms with Gasteiger partial charge >= 0.3 is 5.97 Å². The highest BCUT2D eigenvalue weighted by Crippen LogP contribution is 2.06. The lowest BCUT2D eigenvalue weighted by Gasteiger charge is -2.21. The number of rotatable bonds is 8. The summed E-state index contributed by atoms with van der Waals surface area (Å²) in [6.45, 7) is 3.86. The Morgan fingerprint density at radius 3 is 2.39 bits per heavy atom. The van der Waals surface area contributed by atoms with Crippen LogP contribution in [0.15, 0.2) is 0 Å². The predicted octanol–water partition coefficient (Wildman–Crippen LogP) is 1.38. The lowest BCUT2D eigenvalue weighted by molar-refractivity contribution is -0.182. The van der Waals surface area contributed by atoms with Crippen molar-refractivity contribution in [2.75, 3.05) is 6.54 Å². The summed E-state index contributed by atoms with van der Waals surface area (Å²) >= 11 is 0. The van der Waals surface area contributed by atoms with Crippen LogP contribution in [0.4, 0.5) is 0 Å². The molecular formula is C12H25N3O3. The van der Waals surface area contributed by atoms with Crippen molar-refractivity contribution in [2.24, 2.45) is 5.73 Å². The van der Waals surface area contributed by atoms with Crippen LogP contribution in [0.5, 0.6) is 0 Å². The largest absolute Gasteiger partial charge is 0.382 e. The fourth-order valence-electron chi connectivity index (χ4n) is 1.44. The van der Waals surface area contributed by atoms with Crippen LogP contribution in [0.2, 0.25) is 0 Å². The minimum Gasteiger partial charge on any atom is -0.382 e. The Hall–Kier alpha value is -1.30. The maximum Gasteiger partial charge on any atom is 0.360 e. The number of hydroxylamine groups is 2. The van der Waals surface area contributed by atoms with Gasteiger partial charge in [0.2, 0.25) is 5.96 Å². The van der Waals surface area contributed by atoms with Gasteiger partial charge in [0, 0.05) is 0 Å². The first-order valence-electron chi connectivity index (χ1n) is 6.50. The molecule has 0 heterocycles. The van der Waals surface area contributed by atoms with Crippen LogP contribution in [0, 0.1) is 5.41 Å². The van der Waals surface area contributed by atoms with Crippen LogP contribution >= 0.6 is 0 Å². The van der Waals surface area contributed by atoms with Crippen LogP contribution in [0.25, 0.3) is 0 Å². The van der Waals surface area contributed by atoms with Gasteiger partial charge in [-0.05, 0) is 13.3 Å². The predicted molar refractivity (Wildman–Crippen MR) is 69.8 cm³/mol. The molecule has 0 bridgehead atoms. The molecule has 0 aliphatic carbocycles. The van der Waals surface area contributed by atoms with E-state index in [4.69, 9.17) is 21.1 Å².